The predicted octanol–water partition coefficient (Wildman–Crippen LogP) is 3.59. The van der Waals surface area contributed by atoms with E-state index in [2.05, 4.69) is 16.5 Å². The summed E-state index contributed by atoms with van der Waals surface area (Å²) in [7, 11) is 0. The van der Waals surface area contributed by atoms with Gasteiger partial charge in [0, 0.05) is 0 Å². The van der Waals surface area contributed by atoms with Crippen LogP contribution in [-0.2, 0) is 0 Å². The topological polar surface area (TPSA) is 38.9 Å². The molecule has 0 unspecified atom stereocenters. The number of hydrogen-bond acceptors (Lipinski definition) is 4. The van der Waals surface area contributed by atoms with Crippen molar-refractivity contribution in [2.45, 2.75) is 0 Å². The Kier molecular flexibility index (Phi) is 2.08. The lowest BCUT2D eigenvalue weighted by Gasteiger charge is -2.00. The summed E-state index contributed by atoms with van der Waals surface area (Å²) in [5.74, 6) is 1.38. The van der Waals surface area contributed by atoms with Crippen LogP contribution in [-0.4, -0.2) is 9.97 Å². The lowest BCUT2D eigenvalue weighted by molar-refractivity contribution is 0.580. The summed E-state index contributed by atoms with van der Waals surface area (Å²) in [6.07, 6.45) is 3.29. The van der Waals surface area contributed by atoms with Gasteiger partial charge in [0.15, 0.2) is 11.6 Å². The van der Waals surface area contributed by atoms with Crippen LogP contribution in [0.4, 0.5) is 0 Å². The number of aromatic nitrogens is 2. The van der Waals surface area contributed by atoms with E-state index in [4.69, 9.17) is 4.42 Å². The van der Waals surface area contributed by atoms with Gasteiger partial charge in [0.05, 0.1) is 16.5 Å². The average Bonchev–Trinajstić information content (AvgIpc) is 2.98. The van der Waals surface area contributed by atoms with E-state index in [1.165, 1.54) is 0 Å². The molecule has 3 nitrogen and oxygen atoms in total. The third kappa shape index (κ3) is 1.35. The molecule has 3 aromatic rings. The summed E-state index contributed by atoms with van der Waals surface area (Å²) >= 11 is 1.61. The monoisotopic (exact) mass is 228 g/mol. The van der Waals surface area contributed by atoms with Crippen LogP contribution in [0.25, 0.3) is 27.7 Å². The SMILES string of the molecule is C=Cc1nc(-c2ccco2)c2sccc2n1. The summed E-state index contributed by atoms with van der Waals surface area (Å²) in [6.45, 7) is 3.69. The van der Waals surface area contributed by atoms with Crippen molar-refractivity contribution in [1.82, 2.24) is 9.97 Å². The Bertz CT molecular complexity index is 640. The fourth-order valence-electron chi connectivity index (χ4n) is 1.55. The van der Waals surface area contributed by atoms with Crippen molar-refractivity contribution >= 4 is 27.6 Å². The zero-order chi connectivity index (χ0) is 11.0. The van der Waals surface area contributed by atoms with Crippen molar-refractivity contribution in [3.8, 4) is 11.5 Å². The molecule has 0 saturated heterocycles. The van der Waals surface area contributed by atoms with E-state index >= 15 is 0 Å². The number of thiophene rings is 1. The molecule has 3 aromatic heterocycles. The Morgan fingerprint density at radius 1 is 1.31 bits per heavy atom. The highest BCUT2D eigenvalue weighted by Gasteiger charge is 2.11. The zero-order valence-electron chi connectivity index (χ0n) is 8.38. The molecule has 0 amide bonds. The van der Waals surface area contributed by atoms with Crippen LogP contribution in [0.15, 0.2) is 40.8 Å². The molecule has 0 atom stereocenters. The van der Waals surface area contributed by atoms with Crippen molar-refractivity contribution in [2.75, 3.05) is 0 Å². The molecular weight excluding hydrogens is 220 g/mol. The first-order chi connectivity index (χ1) is 7.88. The maximum Gasteiger partial charge on any atom is 0.153 e. The predicted molar refractivity (Wildman–Crippen MR) is 65.2 cm³/mol. The van der Waals surface area contributed by atoms with Crippen LogP contribution in [0.5, 0.6) is 0 Å². The lowest BCUT2D eigenvalue weighted by Crippen LogP contribution is -1.90. The van der Waals surface area contributed by atoms with Crippen molar-refractivity contribution < 1.29 is 4.42 Å². The Morgan fingerprint density at radius 3 is 3.00 bits per heavy atom. The van der Waals surface area contributed by atoms with E-state index in [9.17, 15) is 0 Å². The van der Waals surface area contributed by atoms with Gasteiger partial charge in [-0.25, -0.2) is 9.97 Å². The molecular formula is C12H8N2OS. The molecule has 78 valence electrons. The Balaban J connectivity index is 2.37. The van der Waals surface area contributed by atoms with Crippen LogP contribution < -0.4 is 0 Å². The highest BCUT2D eigenvalue weighted by atomic mass is 32.1. The van der Waals surface area contributed by atoms with Crippen molar-refractivity contribution in [1.29, 1.82) is 0 Å². The summed E-state index contributed by atoms with van der Waals surface area (Å²) in [5, 5.41) is 2.00. The van der Waals surface area contributed by atoms with Gasteiger partial charge in [0.2, 0.25) is 0 Å². The molecule has 4 heteroatoms. The third-order valence-electron chi connectivity index (χ3n) is 2.26. The van der Waals surface area contributed by atoms with Crippen LogP contribution in [0, 0.1) is 0 Å². The fraction of sp³-hybridized carbons (Fsp3) is 0. The smallest absolute Gasteiger partial charge is 0.153 e. The van der Waals surface area contributed by atoms with E-state index in [-0.39, 0.29) is 0 Å². The quantitative estimate of drug-likeness (QED) is 0.672. The van der Waals surface area contributed by atoms with Gasteiger partial charge in [-0.1, -0.05) is 6.58 Å². The first kappa shape index (κ1) is 9.30. The van der Waals surface area contributed by atoms with E-state index in [1.807, 2.05) is 23.6 Å². The first-order valence-corrected chi connectivity index (χ1v) is 5.68. The largest absolute Gasteiger partial charge is 0.463 e. The molecule has 0 radical (unpaired) electrons. The minimum atomic E-state index is 0.622. The summed E-state index contributed by atoms with van der Waals surface area (Å²) < 4.78 is 6.42. The summed E-state index contributed by atoms with van der Waals surface area (Å²) in [6, 6.07) is 5.72. The molecule has 0 saturated carbocycles. The molecule has 3 heterocycles. The normalized spacial score (nSPS) is 10.8. The highest BCUT2D eigenvalue weighted by molar-refractivity contribution is 7.17. The number of furan rings is 1. The second-order valence-electron chi connectivity index (χ2n) is 3.25. The van der Waals surface area contributed by atoms with Crippen LogP contribution >= 0.6 is 11.3 Å². The van der Waals surface area contributed by atoms with Crippen LogP contribution in [0.1, 0.15) is 5.82 Å². The summed E-state index contributed by atoms with van der Waals surface area (Å²) in [5.41, 5.74) is 1.76. The first-order valence-electron chi connectivity index (χ1n) is 4.80. The van der Waals surface area contributed by atoms with Crippen LogP contribution in [0.3, 0.4) is 0 Å². The highest BCUT2D eigenvalue weighted by Crippen LogP contribution is 2.30. The molecule has 0 aliphatic heterocycles. The van der Waals surface area contributed by atoms with Gasteiger partial charge >= 0.3 is 0 Å². The van der Waals surface area contributed by atoms with E-state index < -0.39 is 0 Å². The van der Waals surface area contributed by atoms with Gasteiger partial charge < -0.3 is 4.42 Å². The Hall–Kier alpha value is -1.94. The van der Waals surface area contributed by atoms with Gasteiger partial charge in [-0.15, -0.1) is 11.3 Å². The Labute approximate surface area is 96.1 Å². The zero-order valence-corrected chi connectivity index (χ0v) is 9.20. The van der Waals surface area contributed by atoms with Gasteiger partial charge in [-0.3, -0.25) is 0 Å². The average molecular weight is 228 g/mol. The molecule has 0 fully saturated rings. The molecule has 0 aromatic carbocycles. The van der Waals surface area contributed by atoms with Crippen molar-refractivity contribution in [2.24, 2.45) is 0 Å². The molecule has 0 bridgehead atoms. The summed E-state index contributed by atoms with van der Waals surface area (Å²) in [4.78, 5) is 8.79. The minimum absolute atomic E-state index is 0.622. The van der Waals surface area contributed by atoms with Crippen molar-refractivity contribution in [3.63, 3.8) is 0 Å². The fourth-order valence-corrected chi connectivity index (χ4v) is 2.38. The maximum absolute atomic E-state index is 5.38. The molecule has 0 N–H and O–H groups in total. The maximum atomic E-state index is 5.38. The van der Waals surface area contributed by atoms with Gasteiger partial charge in [-0.2, -0.15) is 0 Å². The minimum Gasteiger partial charge on any atom is -0.463 e. The van der Waals surface area contributed by atoms with E-state index in [1.54, 1.807) is 23.7 Å². The molecule has 0 aliphatic carbocycles. The van der Waals surface area contributed by atoms with Gasteiger partial charge in [-0.05, 0) is 29.7 Å². The molecule has 0 spiro atoms. The molecule has 3 rings (SSSR count). The van der Waals surface area contributed by atoms with E-state index in [0.29, 0.717) is 5.82 Å². The number of hydrogen-bond donors (Lipinski definition) is 0. The molecule has 16 heavy (non-hydrogen) atoms. The van der Waals surface area contributed by atoms with Crippen molar-refractivity contribution in [3.05, 3.63) is 42.2 Å². The van der Waals surface area contributed by atoms with Gasteiger partial charge in [0.1, 0.15) is 5.69 Å². The number of fused-ring (bicyclic) bond motifs is 1. The lowest BCUT2D eigenvalue weighted by atomic mass is 10.3. The van der Waals surface area contributed by atoms with Crippen LogP contribution in [0.2, 0.25) is 0 Å². The van der Waals surface area contributed by atoms with E-state index in [0.717, 1.165) is 21.7 Å². The third-order valence-corrected chi connectivity index (χ3v) is 3.17. The number of rotatable bonds is 2. The molecule has 0 aliphatic rings. The van der Waals surface area contributed by atoms with Gasteiger partial charge in [0.25, 0.3) is 0 Å². The number of nitrogens with zero attached hydrogens (tertiary/aromatic N) is 2. The second-order valence-corrected chi connectivity index (χ2v) is 4.16. The Morgan fingerprint density at radius 2 is 2.25 bits per heavy atom. The standard InChI is InChI=1S/C12H8N2OS/c1-2-10-13-8-5-7-16-12(8)11(14-10)9-4-3-6-15-9/h2-7H,1H2. The second kappa shape index (κ2) is 3.57.